The minimum Gasteiger partial charge on any atom is -0.400 e. The van der Waals surface area contributed by atoms with Crippen LogP contribution in [0.4, 0.5) is 0 Å². The highest BCUT2D eigenvalue weighted by Gasteiger charge is 2.13. The molecule has 4 heterocycles. The van der Waals surface area contributed by atoms with E-state index in [4.69, 9.17) is 84.6 Å². The molecular weight excluding hydrogens is 728 g/mol. The molecule has 4 fully saturated rings. The van der Waals surface area contributed by atoms with Gasteiger partial charge in [0.2, 0.25) is 0 Å². The summed E-state index contributed by atoms with van der Waals surface area (Å²) in [5.41, 5.74) is 0. The Morgan fingerprint density at radius 2 is 0.691 bits per heavy atom. The van der Waals surface area contributed by atoms with Gasteiger partial charge in [-0.2, -0.15) is 0 Å². The number of ether oxygens (including phenoxy) is 6. The van der Waals surface area contributed by atoms with Crippen LogP contribution in [0.3, 0.4) is 0 Å². The van der Waals surface area contributed by atoms with E-state index in [1.165, 1.54) is 32.6 Å². The lowest BCUT2D eigenvalue weighted by molar-refractivity contribution is -0.176. The van der Waals surface area contributed by atoms with E-state index in [2.05, 4.69) is 0 Å². The molecule has 0 aromatic heterocycles. The van der Waals surface area contributed by atoms with Gasteiger partial charge in [0.1, 0.15) is 6.29 Å². The number of hydrogen-bond acceptors (Lipinski definition) is 17. The average Bonchev–Trinajstić information content (AvgIpc) is 3.19. The van der Waals surface area contributed by atoms with Crippen LogP contribution < -0.4 is 0 Å². The molecule has 352 valence electrons. The predicted octanol–water partition coefficient (Wildman–Crippen LogP) is 5.31. The fourth-order valence-corrected chi connectivity index (χ4v) is 3.50. The zero-order valence-corrected chi connectivity index (χ0v) is 33.4. The standard InChI is InChI=1S/2C7H14O2.2C5H10O2.2C2H6O.C2H4O.4CH4O.4CH4.H2O2/c2*1-2-8-7-5-3-4-6-9-7;2*6-5-3-1-2-4-7-5;3*1-2-3;4*1-2;;;;;1-2/h2*7H,2-6H2,1H3;2*5-6H,1-4H2;2*3H,2H2,1H3;2H,1H3;4*2H,1H3;4*1H4;1-2H. The molecule has 0 aliphatic carbocycles. The molecule has 4 unspecified atom stereocenters. The van der Waals surface area contributed by atoms with Crippen molar-refractivity contribution in [3.63, 3.8) is 0 Å². The Bertz CT molecular complexity index is 419. The Hall–Kier alpha value is -0.970. The second-order valence-electron chi connectivity index (χ2n) is 9.01. The Labute approximate surface area is 338 Å². The first-order valence-electron chi connectivity index (χ1n) is 17.6. The van der Waals surface area contributed by atoms with Crippen LogP contribution in [-0.4, -0.2) is 164 Å². The molecule has 0 aromatic rings. The summed E-state index contributed by atoms with van der Waals surface area (Å²) in [7, 11) is 4.00. The van der Waals surface area contributed by atoms with E-state index in [1.807, 2.05) is 13.8 Å². The van der Waals surface area contributed by atoms with Crippen molar-refractivity contribution in [3.05, 3.63) is 0 Å². The Morgan fingerprint density at radius 3 is 0.800 bits per heavy atom. The van der Waals surface area contributed by atoms with Crippen LogP contribution in [-0.2, 0) is 33.2 Å². The van der Waals surface area contributed by atoms with Gasteiger partial charge in [-0.05, 0) is 112 Å². The van der Waals surface area contributed by atoms with E-state index in [9.17, 15) is 0 Å². The highest BCUT2D eigenvalue weighted by molar-refractivity contribution is 5.44. The van der Waals surface area contributed by atoms with Gasteiger partial charge in [0, 0.05) is 81.3 Å². The first-order valence-corrected chi connectivity index (χ1v) is 17.6. The summed E-state index contributed by atoms with van der Waals surface area (Å²) in [4.78, 5) is 8.81. The van der Waals surface area contributed by atoms with E-state index in [1.54, 1.807) is 13.8 Å². The second-order valence-corrected chi connectivity index (χ2v) is 9.01. The molecule has 0 spiro atoms. The number of aliphatic hydroxyl groups excluding tert-OH is 8. The van der Waals surface area contributed by atoms with Crippen molar-refractivity contribution in [2.24, 2.45) is 0 Å². The van der Waals surface area contributed by atoms with E-state index < -0.39 is 12.6 Å². The number of aldehydes is 1. The predicted molar refractivity (Wildman–Crippen MR) is 224 cm³/mol. The van der Waals surface area contributed by atoms with Crippen molar-refractivity contribution < 1.29 is 84.6 Å². The molecular formula is C38H98O17. The fraction of sp³-hybridized carbons (Fsp3) is 0.974. The molecule has 4 aliphatic heterocycles. The highest BCUT2D eigenvalue weighted by Crippen LogP contribution is 2.14. The SMILES string of the molecule is C.C.C.C.CC=O.CCO.CCO.CCOC1CCCCO1.CCOC1CCCCO1.CO.CO.CO.CO.OC1CCCCO1.OC1CCCCO1.OO. The normalized spacial score (nSPS) is 19.1. The topological polar surface area (TPSA) is 275 Å². The van der Waals surface area contributed by atoms with Crippen molar-refractivity contribution in [2.75, 3.05) is 81.3 Å². The van der Waals surface area contributed by atoms with Gasteiger partial charge >= 0.3 is 0 Å². The number of aliphatic hydroxyl groups is 8. The molecule has 4 aliphatic rings. The molecule has 17 heteroatoms. The van der Waals surface area contributed by atoms with Gasteiger partial charge in [-0.1, -0.05) is 29.7 Å². The van der Waals surface area contributed by atoms with Gasteiger partial charge in [-0.15, -0.1) is 0 Å². The quantitative estimate of drug-likeness (QED) is 0.0977. The Morgan fingerprint density at radius 1 is 0.491 bits per heavy atom. The van der Waals surface area contributed by atoms with E-state index >= 15 is 0 Å². The molecule has 0 aromatic carbocycles. The number of carbonyl (C=O) groups excluding carboxylic acids is 1. The average molecular weight is 827 g/mol. The van der Waals surface area contributed by atoms with E-state index in [-0.39, 0.29) is 55.5 Å². The van der Waals surface area contributed by atoms with Gasteiger partial charge in [0.25, 0.3) is 0 Å². The molecule has 0 radical (unpaired) electrons. The summed E-state index contributed by atoms with van der Waals surface area (Å²) in [6.45, 7) is 14.1. The first-order chi connectivity index (χ1) is 24.9. The maximum absolute atomic E-state index is 8.81. The Kier molecular flexibility index (Phi) is 155. The summed E-state index contributed by atoms with van der Waals surface area (Å²) < 4.78 is 30.8. The van der Waals surface area contributed by atoms with Gasteiger partial charge < -0.3 is 74.1 Å². The maximum Gasteiger partial charge on any atom is 0.157 e. The van der Waals surface area contributed by atoms with Gasteiger partial charge in [0.15, 0.2) is 25.2 Å². The first kappa shape index (κ1) is 86.0. The molecule has 4 saturated heterocycles. The minimum atomic E-state index is -0.464. The highest BCUT2D eigenvalue weighted by atomic mass is 17.0. The molecule has 0 amide bonds. The van der Waals surface area contributed by atoms with Crippen LogP contribution in [0.15, 0.2) is 0 Å². The lowest BCUT2D eigenvalue weighted by atomic mass is 10.2. The van der Waals surface area contributed by atoms with Crippen LogP contribution in [0.2, 0.25) is 0 Å². The van der Waals surface area contributed by atoms with Crippen LogP contribution in [0.1, 0.15) is 141 Å². The van der Waals surface area contributed by atoms with Crippen molar-refractivity contribution >= 4 is 6.29 Å². The number of hydrogen-bond donors (Lipinski definition) is 10. The fourth-order valence-electron chi connectivity index (χ4n) is 3.50. The molecule has 10 N–H and O–H groups in total. The summed E-state index contributed by atoms with van der Waals surface area (Å²) in [5.74, 6) is 0. The largest absolute Gasteiger partial charge is 0.400 e. The van der Waals surface area contributed by atoms with Crippen LogP contribution >= 0.6 is 0 Å². The second kappa shape index (κ2) is 99.3. The van der Waals surface area contributed by atoms with Crippen molar-refractivity contribution in [1.29, 1.82) is 0 Å². The Balaban J connectivity index is -0.0000000384. The summed E-state index contributed by atoms with van der Waals surface area (Å²) in [5, 5.41) is 72.5. The monoisotopic (exact) mass is 827 g/mol. The maximum atomic E-state index is 8.81. The molecule has 17 nitrogen and oxygen atoms in total. The summed E-state index contributed by atoms with van der Waals surface area (Å²) >= 11 is 0. The number of rotatable bonds is 4. The zero-order valence-electron chi connectivity index (χ0n) is 33.4. The van der Waals surface area contributed by atoms with E-state index in [0.717, 1.165) is 126 Å². The number of carbonyl (C=O) groups is 1. The third kappa shape index (κ3) is 101. The van der Waals surface area contributed by atoms with Crippen molar-refractivity contribution in [1.82, 2.24) is 0 Å². The molecule has 55 heavy (non-hydrogen) atoms. The van der Waals surface area contributed by atoms with Crippen LogP contribution in [0, 0.1) is 0 Å². The third-order valence-corrected chi connectivity index (χ3v) is 5.29. The summed E-state index contributed by atoms with van der Waals surface area (Å²) in [6, 6.07) is 0. The van der Waals surface area contributed by atoms with Crippen LogP contribution in [0.5, 0.6) is 0 Å². The van der Waals surface area contributed by atoms with Crippen molar-refractivity contribution in [2.45, 2.75) is 167 Å². The van der Waals surface area contributed by atoms with E-state index in [0.29, 0.717) is 0 Å². The van der Waals surface area contributed by atoms with Crippen LogP contribution in [0.25, 0.3) is 0 Å². The smallest absolute Gasteiger partial charge is 0.157 e. The zero-order chi connectivity index (χ0) is 41.4. The lowest BCUT2D eigenvalue weighted by Crippen LogP contribution is -2.21. The molecule has 0 saturated carbocycles. The van der Waals surface area contributed by atoms with Gasteiger partial charge in [-0.25, -0.2) is 0 Å². The minimum absolute atomic E-state index is 0. The molecule has 4 rings (SSSR count). The summed E-state index contributed by atoms with van der Waals surface area (Å²) in [6.07, 6.45) is 13.2. The van der Waals surface area contributed by atoms with Gasteiger partial charge in [0.05, 0.1) is 0 Å². The lowest BCUT2D eigenvalue weighted by Gasteiger charge is -2.21. The van der Waals surface area contributed by atoms with Gasteiger partial charge in [-0.3, -0.25) is 10.5 Å². The van der Waals surface area contributed by atoms with Crippen molar-refractivity contribution in [3.8, 4) is 0 Å². The molecule has 4 atom stereocenters. The third-order valence-electron chi connectivity index (χ3n) is 5.29. The molecule has 0 bridgehead atoms.